The third kappa shape index (κ3) is 5.57. The molecular weight excluding hydrogens is 457 g/mol. The lowest BCUT2D eigenvalue weighted by Crippen LogP contribution is -2.35. The molecule has 32 heavy (non-hydrogen) atoms. The topological polar surface area (TPSA) is 92.6 Å². The molecule has 1 N–H and O–H groups in total. The molecule has 2 heterocycles. The molecule has 2 aliphatic rings. The Morgan fingerprint density at radius 1 is 1.22 bits per heavy atom. The van der Waals surface area contributed by atoms with Gasteiger partial charge in [0.25, 0.3) is 0 Å². The van der Waals surface area contributed by atoms with E-state index < -0.39 is 28.0 Å². The van der Waals surface area contributed by atoms with Gasteiger partial charge in [-0.05, 0) is 49.1 Å². The van der Waals surface area contributed by atoms with E-state index in [0.717, 1.165) is 44.4 Å². The molecule has 4 rings (SSSR count). The van der Waals surface area contributed by atoms with Crippen LogP contribution in [0.25, 0.3) is 0 Å². The van der Waals surface area contributed by atoms with Crippen molar-refractivity contribution in [3.8, 4) is 0 Å². The number of sulfone groups is 1. The van der Waals surface area contributed by atoms with E-state index in [4.69, 9.17) is 21.4 Å². The highest BCUT2D eigenvalue weighted by atomic mass is 35.5. The third-order valence-corrected chi connectivity index (χ3v) is 8.23. The Morgan fingerprint density at radius 3 is 2.59 bits per heavy atom. The lowest BCUT2D eigenvalue weighted by atomic mass is 9.91. The number of piperidine rings is 1. The molecule has 10 heteroatoms. The summed E-state index contributed by atoms with van der Waals surface area (Å²) in [6.45, 7) is 2.04. The summed E-state index contributed by atoms with van der Waals surface area (Å²) in [5.41, 5.74) is 0.335. The molecule has 1 saturated carbocycles. The molecule has 1 aromatic carbocycles. The molecular formula is C22H27ClFN3O4S. The number of halogens is 2. The van der Waals surface area contributed by atoms with Gasteiger partial charge in [-0.2, -0.15) is 0 Å². The first-order valence-corrected chi connectivity index (χ1v) is 12.8. The summed E-state index contributed by atoms with van der Waals surface area (Å²) in [6, 6.07) is 3.81. The number of aliphatic hydroxyl groups excluding tert-OH is 1. The summed E-state index contributed by atoms with van der Waals surface area (Å²) in [6.07, 6.45) is 6.55. The normalized spacial score (nSPS) is 21.7. The van der Waals surface area contributed by atoms with Crippen LogP contribution in [0.1, 0.15) is 24.8 Å². The molecule has 0 radical (unpaired) electrons. The van der Waals surface area contributed by atoms with Gasteiger partial charge in [0.2, 0.25) is 5.95 Å². The lowest BCUT2D eigenvalue weighted by Gasteiger charge is -2.32. The highest BCUT2D eigenvalue weighted by Gasteiger charge is 2.43. The highest BCUT2D eigenvalue weighted by Crippen LogP contribution is 2.48. The zero-order valence-corrected chi connectivity index (χ0v) is 19.2. The number of nitrogens with zero attached hydrogens (tertiary/aromatic N) is 3. The Morgan fingerprint density at radius 2 is 1.94 bits per heavy atom. The predicted molar refractivity (Wildman–Crippen MR) is 119 cm³/mol. The van der Waals surface area contributed by atoms with E-state index in [1.807, 2.05) is 0 Å². The fourth-order valence-corrected chi connectivity index (χ4v) is 5.57. The number of aliphatic hydroxyl groups is 1. The van der Waals surface area contributed by atoms with Crippen molar-refractivity contribution in [1.82, 2.24) is 9.97 Å². The van der Waals surface area contributed by atoms with Gasteiger partial charge in [-0.15, -0.1) is 0 Å². The van der Waals surface area contributed by atoms with Crippen molar-refractivity contribution in [2.24, 2.45) is 17.8 Å². The summed E-state index contributed by atoms with van der Waals surface area (Å²) in [4.78, 5) is 10.7. The van der Waals surface area contributed by atoms with E-state index >= 15 is 0 Å². The van der Waals surface area contributed by atoms with Gasteiger partial charge in [0.1, 0.15) is 5.82 Å². The molecule has 0 spiro atoms. The van der Waals surface area contributed by atoms with E-state index in [1.165, 1.54) is 12.1 Å². The Hall–Kier alpha value is -1.81. The molecule has 1 aliphatic heterocycles. The van der Waals surface area contributed by atoms with E-state index in [0.29, 0.717) is 34.9 Å². The van der Waals surface area contributed by atoms with E-state index in [9.17, 15) is 12.8 Å². The van der Waals surface area contributed by atoms with Crippen LogP contribution in [-0.2, 0) is 21.2 Å². The van der Waals surface area contributed by atoms with Gasteiger partial charge in [0.15, 0.2) is 9.84 Å². The fourth-order valence-electron chi connectivity index (χ4n) is 4.43. The number of rotatable bonds is 9. The summed E-state index contributed by atoms with van der Waals surface area (Å²) in [5.74, 6) is 1.48. The van der Waals surface area contributed by atoms with E-state index in [-0.39, 0.29) is 11.5 Å². The van der Waals surface area contributed by atoms with Crippen molar-refractivity contribution in [1.29, 1.82) is 0 Å². The molecule has 0 amide bonds. The van der Waals surface area contributed by atoms with Gasteiger partial charge in [-0.25, -0.2) is 22.8 Å². The van der Waals surface area contributed by atoms with E-state index in [1.54, 1.807) is 12.4 Å². The molecule has 1 aliphatic carbocycles. The maximum absolute atomic E-state index is 14.3. The Bertz CT molecular complexity index is 1030. The van der Waals surface area contributed by atoms with Crippen LogP contribution >= 0.6 is 11.6 Å². The van der Waals surface area contributed by atoms with E-state index in [2.05, 4.69) is 14.9 Å². The summed E-state index contributed by atoms with van der Waals surface area (Å²) in [7, 11) is -3.66. The van der Waals surface area contributed by atoms with Crippen LogP contribution in [0.2, 0.25) is 5.02 Å². The van der Waals surface area contributed by atoms with Crippen molar-refractivity contribution >= 4 is 27.4 Å². The maximum Gasteiger partial charge on any atom is 0.225 e. The Kier molecular flexibility index (Phi) is 7.29. The van der Waals surface area contributed by atoms with Crippen LogP contribution < -0.4 is 4.90 Å². The molecule has 174 valence electrons. The SMILES string of the molecule is O=S(=O)(CCO)c1ccc(COCC2CC2C2CCN(c3ncc(Cl)cn3)CC2)c(F)c1. The van der Waals surface area contributed by atoms with Crippen LogP contribution in [0.4, 0.5) is 10.3 Å². The van der Waals surface area contributed by atoms with Crippen LogP contribution in [0, 0.1) is 23.6 Å². The van der Waals surface area contributed by atoms with Crippen molar-refractivity contribution < 1.29 is 22.7 Å². The molecule has 1 saturated heterocycles. The second-order valence-corrected chi connectivity index (χ2v) is 11.0. The minimum absolute atomic E-state index is 0.113. The minimum atomic E-state index is -3.66. The first kappa shape index (κ1) is 23.4. The zero-order chi connectivity index (χ0) is 22.7. The summed E-state index contributed by atoms with van der Waals surface area (Å²) in [5, 5.41) is 9.38. The fraction of sp³-hybridized carbons (Fsp3) is 0.545. The van der Waals surface area contributed by atoms with Gasteiger partial charge in [0, 0.05) is 18.7 Å². The smallest absolute Gasteiger partial charge is 0.225 e. The monoisotopic (exact) mass is 483 g/mol. The minimum Gasteiger partial charge on any atom is -0.395 e. The quantitative estimate of drug-likeness (QED) is 0.585. The molecule has 2 atom stereocenters. The van der Waals surface area contributed by atoms with Crippen molar-refractivity contribution in [2.75, 3.05) is 37.0 Å². The average molecular weight is 484 g/mol. The van der Waals surface area contributed by atoms with Gasteiger partial charge < -0.3 is 14.7 Å². The zero-order valence-electron chi connectivity index (χ0n) is 17.7. The number of anilines is 1. The van der Waals surface area contributed by atoms with Crippen molar-refractivity contribution in [3.05, 3.63) is 47.0 Å². The van der Waals surface area contributed by atoms with Crippen LogP contribution in [0.3, 0.4) is 0 Å². The molecule has 7 nitrogen and oxygen atoms in total. The second-order valence-electron chi connectivity index (χ2n) is 8.50. The van der Waals surface area contributed by atoms with Gasteiger partial charge in [-0.3, -0.25) is 0 Å². The van der Waals surface area contributed by atoms with Crippen LogP contribution in [0.15, 0.2) is 35.5 Å². The summed E-state index contributed by atoms with van der Waals surface area (Å²) < 4.78 is 43.9. The van der Waals surface area contributed by atoms with Gasteiger partial charge in [-0.1, -0.05) is 17.7 Å². The first-order chi connectivity index (χ1) is 15.4. The molecule has 1 aromatic heterocycles. The molecule has 2 unspecified atom stereocenters. The molecule has 2 aromatic rings. The van der Waals surface area contributed by atoms with Crippen LogP contribution in [0.5, 0.6) is 0 Å². The third-order valence-electron chi connectivity index (χ3n) is 6.35. The molecule has 0 bridgehead atoms. The lowest BCUT2D eigenvalue weighted by molar-refractivity contribution is 0.102. The highest BCUT2D eigenvalue weighted by molar-refractivity contribution is 7.91. The number of aromatic nitrogens is 2. The number of hydrogen-bond donors (Lipinski definition) is 1. The molecule has 2 fully saturated rings. The largest absolute Gasteiger partial charge is 0.395 e. The Labute approximate surface area is 192 Å². The van der Waals surface area contributed by atoms with Crippen LogP contribution in [-0.4, -0.2) is 55.5 Å². The van der Waals surface area contributed by atoms with Gasteiger partial charge in [0.05, 0.1) is 47.9 Å². The Balaban J connectivity index is 1.20. The van der Waals surface area contributed by atoms with Crippen molar-refractivity contribution in [3.63, 3.8) is 0 Å². The average Bonchev–Trinajstić information content (AvgIpc) is 3.55. The number of benzene rings is 1. The standard InChI is InChI=1S/C22H27ClFN3O4S/c23-18-11-25-22(26-12-18)27-5-3-15(4-6-27)20-9-17(20)14-31-13-16-1-2-19(10-21(16)24)32(29,30)8-7-28/h1-2,10-12,15,17,20,28H,3-9,13-14H2. The van der Waals surface area contributed by atoms with Crippen molar-refractivity contribution in [2.45, 2.75) is 30.8 Å². The number of ether oxygens (including phenoxy) is 1. The first-order valence-electron chi connectivity index (χ1n) is 10.8. The van der Waals surface area contributed by atoms with Gasteiger partial charge >= 0.3 is 0 Å². The maximum atomic E-state index is 14.3. The number of hydrogen-bond acceptors (Lipinski definition) is 7. The second kappa shape index (κ2) is 9.99. The summed E-state index contributed by atoms with van der Waals surface area (Å²) >= 11 is 5.86. The predicted octanol–water partition coefficient (Wildman–Crippen LogP) is 3.10.